The first kappa shape index (κ1) is 18.4. The van der Waals surface area contributed by atoms with Crippen LogP contribution in [0.5, 0.6) is 0 Å². The summed E-state index contributed by atoms with van der Waals surface area (Å²) < 4.78 is 0. The van der Waals surface area contributed by atoms with E-state index < -0.39 is 17.5 Å². The van der Waals surface area contributed by atoms with Crippen LogP contribution in [0, 0.1) is 0 Å². The summed E-state index contributed by atoms with van der Waals surface area (Å²) in [5.41, 5.74) is 0.257. The van der Waals surface area contributed by atoms with E-state index >= 15 is 0 Å². The van der Waals surface area contributed by atoms with Gasteiger partial charge < -0.3 is 10.0 Å². The molecular formula is C19H16ClNO4. The van der Waals surface area contributed by atoms with Gasteiger partial charge in [-0.2, -0.15) is 0 Å². The molecule has 0 aromatic heterocycles. The van der Waals surface area contributed by atoms with E-state index in [1.165, 1.54) is 18.3 Å². The molecule has 0 radical (unpaired) electrons. The third kappa shape index (κ3) is 4.33. The van der Waals surface area contributed by atoms with Gasteiger partial charge >= 0.3 is 5.97 Å². The number of halogens is 1. The number of nitrogens with zero attached hydrogens (tertiary/aromatic N) is 1. The lowest BCUT2D eigenvalue weighted by molar-refractivity contribution is -0.110. The summed E-state index contributed by atoms with van der Waals surface area (Å²) in [6.07, 6.45) is 1.53. The standard InChI is InChI=1S/C19H16ClNO4/c1-21(2)11-16(12-6-4-3-5-7-12)18(23)17(22)14-9-8-13(20)10-15(14)19(24)25/h3-11H,1-2H3,(H,24,25). The Morgan fingerprint density at radius 3 is 2.20 bits per heavy atom. The summed E-state index contributed by atoms with van der Waals surface area (Å²) in [6, 6.07) is 12.5. The molecule has 0 spiro atoms. The Morgan fingerprint density at radius 1 is 1.00 bits per heavy atom. The number of hydrogen-bond donors (Lipinski definition) is 1. The zero-order valence-electron chi connectivity index (χ0n) is 13.7. The number of rotatable bonds is 6. The summed E-state index contributed by atoms with van der Waals surface area (Å²) in [5.74, 6) is -3.01. The number of carboxylic acids is 1. The minimum absolute atomic E-state index is 0.175. The summed E-state index contributed by atoms with van der Waals surface area (Å²) in [7, 11) is 3.46. The van der Waals surface area contributed by atoms with Crippen molar-refractivity contribution in [3.63, 3.8) is 0 Å². The van der Waals surface area contributed by atoms with Crippen LogP contribution in [-0.2, 0) is 4.79 Å². The zero-order valence-corrected chi connectivity index (χ0v) is 14.4. The van der Waals surface area contributed by atoms with E-state index in [0.717, 1.165) is 6.07 Å². The number of benzene rings is 2. The molecule has 0 amide bonds. The molecule has 0 saturated heterocycles. The first-order valence-electron chi connectivity index (χ1n) is 7.36. The quantitative estimate of drug-likeness (QED) is 0.487. The summed E-state index contributed by atoms with van der Waals surface area (Å²) in [5, 5.41) is 9.45. The Balaban J connectivity index is 2.51. The first-order chi connectivity index (χ1) is 11.8. The molecular weight excluding hydrogens is 342 g/mol. The molecule has 2 rings (SSSR count). The number of Topliss-reactive ketones (excluding diaryl/α,β-unsaturated/α-hetero) is 2. The van der Waals surface area contributed by atoms with Crippen LogP contribution >= 0.6 is 11.6 Å². The Hall–Kier alpha value is -2.92. The van der Waals surface area contributed by atoms with Crippen LogP contribution in [0.4, 0.5) is 0 Å². The lowest BCUT2D eigenvalue weighted by Crippen LogP contribution is -2.20. The van der Waals surface area contributed by atoms with Crippen LogP contribution in [0.25, 0.3) is 5.57 Å². The third-order valence-electron chi connectivity index (χ3n) is 3.38. The molecule has 0 aliphatic rings. The van der Waals surface area contributed by atoms with Crippen molar-refractivity contribution < 1.29 is 19.5 Å². The fourth-order valence-electron chi connectivity index (χ4n) is 2.28. The van der Waals surface area contributed by atoms with Gasteiger partial charge in [-0.15, -0.1) is 0 Å². The van der Waals surface area contributed by atoms with Crippen molar-refractivity contribution in [1.82, 2.24) is 4.90 Å². The van der Waals surface area contributed by atoms with Crippen molar-refractivity contribution in [2.75, 3.05) is 14.1 Å². The number of aromatic carboxylic acids is 1. The molecule has 5 nitrogen and oxygen atoms in total. The highest BCUT2D eigenvalue weighted by atomic mass is 35.5. The van der Waals surface area contributed by atoms with Crippen LogP contribution in [0.3, 0.4) is 0 Å². The minimum Gasteiger partial charge on any atom is -0.478 e. The average Bonchev–Trinajstić information content (AvgIpc) is 2.59. The molecule has 0 fully saturated rings. The lowest BCUT2D eigenvalue weighted by atomic mass is 9.94. The van der Waals surface area contributed by atoms with Crippen molar-refractivity contribution in [1.29, 1.82) is 0 Å². The van der Waals surface area contributed by atoms with Crippen molar-refractivity contribution in [3.8, 4) is 0 Å². The van der Waals surface area contributed by atoms with E-state index in [1.807, 2.05) is 0 Å². The highest BCUT2D eigenvalue weighted by Crippen LogP contribution is 2.22. The highest BCUT2D eigenvalue weighted by molar-refractivity contribution is 6.58. The van der Waals surface area contributed by atoms with Gasteiger partial charge in [0, 0.05) is 36.5 Å². The molecule has 0 unspecified atom stereocenters. The second kappa shape index (κ2) is 7.77. The first-order valence-corrected chi connectivity index (χ1v) is 7.74. The largest absolute Gasteiger partial charge is 0.478 e. The second-order valence-electron chi connectivity index (χ2n) is 5.53. The zero-order chi connectivity index (χ0) is 18.6. The van der Waals surface area contributed by atoms with E-state index in [-0.39, 0.29) is 21.7 Å². The fourth-order valence-corrected chi connectivity index (χ4v) is 2.45. The summed E-state index contributed by atoms with van der Waals surface area (Å²) in [4.78, 5) is 38.5. The maximum Gasteiger partial charge on any atom is 0.336 e. The van der Waals surface area contributed by atoms with Gasteiger partial charge in [-0.1, -0.05) is 41.9 Å². The Morgan fingerprint density at radius 2 is 1.64 bits per heavy atom. The van der Waals surface area contributed by atoms with Crippen LogP contribution < -0.4 is 0 Å². The number of ketones is 2. The maximum absolute atomic E-state index is 12.8. The van der Waals surface area contributed by atoms with Crippen LogP contribution in [0.2, 0.25) is 5.02 Å². The molecule has 0 aliphatic heterocycles. The van der Waals surface area contributed by atoms with Gasteiger partial charge in [-0.25, -0.2) is 4.79 Å². The fraction of sp³-hybridized carbons (Fsp3) is 0.105. The maximum atomic E-state index is 12.8. The SMILES string of the molecule is CN(C)C=C(C(=O)C(=O)c1ccc(Cl)cc1C(=O)O)c1ccccc1. The molecule has 6 heteroatoms. The summed E-state index contributed by atoms with van der Waals surface area (Å²) >= 11 is 5.79. The highest BCUT2D eigenvalue weighted by Gasteiger charge is 2.26. The third-order valence-corrected chi connectivity index (χ3v) is 3.61. The summed E-state index contributed by atoms with van der Waals surface area (Å²) in [6.45, 7) is 0. The minimum atomic E-state index is -1.32. The predicted octanol–water partition coefficient (Wildman–Crippen LogP) is 3.39. The van der Waals surface area contributed by atoms with Gasteiger partial charge in [-0.3, -0.25) is 9.59 Å². The molecule has 25 heavy (non-hydrogen) atoms. The van der Waals surface area contributed by atoms with E-state index in [4.69, 9.17) is 11.6 Å². The van der Waals surface area contributed by atoms with Crippen molar-refractivity contribution in [2.45, 2.75) is 0 Å². The van der Waals surface area contributed by atoms with E-state index in [0.29, 0.717) is 5.56 Å². The molecule has 0 atom stereocenters. The smallest absolute Gasteiger partial charge is 0.336 e. The average molecular weight is 358 g/mol. The molecule has 0 bridgehead atoms. The van der Waals surface area contributed by atoms with Crippen LogP contribution in [-0.4, -0.2) is 41.6 Å². The van der Waals surface area contributed by atoms with Gasteiger partial charge in [0.2, 0.25) is 11.6 Å². The van der Waals surface area contributed by atoms with Gasteiger partial charge in [0.15, 0.2) is 0 Å². The van der Waals surface area contributed by atoms with Crippen molar-refractivity contribution in [3.05, 3.63) is 76.4 Å². The van der Waals surface area contributed by atoms with Crippen molar-refractivity contribution in [2.24, 2.45) is 0 Å². The molecule has 0 heterocycles. The van der Waals surface area contributed by atoms with Crippen LogP contribution in [0.1, 0.15) is 26.3 Å². The van der Waals surface area contributed by atoms with Gasteiger partial charge in [-0.05, 0) is 23.8 Å². The van der Waals surface area contributed by atoms with Gasteiger partial charge in [0.1, 0.15) is 0 Å². The Kier molecular flexibility index (Phi) is 5.72. The number of allylic oxidation sites excluding steroid dienone is 1. The van der Waals surface area contributed by atoms with E-state index in [9.17, 15) is 19.5 Å². The van der Waals surface area contributed by atoms with Crippen LogP contribution in [0.15, 0.2) is 54.7 Å². The van der Waals surface area contributed by atoms with E-state index in [1.54, 1.807) is 49.3 Å². The number of carbonyl (C=O) groups is 3. The molecule has 2 aromatic rings. The predicted molar refractivity (Wildman–Crippen MR) is 95.9 cm³/mol. The second-order valence-corrected chi connectivity index (χ2v) is 5.96. The molecule has 1 N–H and O–H groups in total. The van der Waals surface area contributed by atoms with E-state index in [2.05, 4.69) is 0 Å². The monoisotopic (exact) mass is 357 g/mol. The molecule has 128 valence electrons. The molecule has 2 aromatic carbocycles. The number of carboxylic acid groups (broad SMARTS) is 1. The molecule has 0 saturated carbocycles. The van der Waals surface area contributed by atoms with Gasteiger partial charge in [0.05, 0.1) is 5.56 Å². The molecule has 0 aliphatic carbocycles. The Labute approximate surface area is 150 Å². The lowest BCUT2D eigenvalue weighted by Gasteiger charge is -2.12. The normalized spacial score (nSPS) is 11.1. The topological polar surface area (TPSA) is 74.7 Å². The van der Waals surface area contributed by atoms with Gasteiger partial charge in [0.25, 0.3) is 0 Å². The van der Waals surface area contributed by atoms with Crippen molar-refractivity contribution >= 4 is 34.7 Å². The number of carbonyl (C=O) groups excluding carboxylic acids is 2. The Bertz CT molecular complexity index is 857. The number of hydrogen-bond acceptors (Lipinski definition) is 4.